The summed E-state index contributed by atoms with van der Waals surface area (Å²) in [7, 11) is 0. The molecule has 1 rings (SSSR count). The molecule has 3 unspecified atom stereocenters. The number of esters is 1. The Balaban J connectivity index is 2.54. The summed E-state index contributed by atoms with van der Waals surface area (Å²) in [4.78, 5) is 11.6. The van der Waals surface area contributed by atoms with Crippen LogP contribution in [-0.4, -0.2) is 18.6 Å². The summed E-state index contributed by atoms with van der Waals surface area (Å²) in [6, 6.07) is -0.407. The quantitative estimate of drug-likeness (QED) is 0.727. The first-order valence-electron chi connectivity index (χ1n) is 6.12. The molecule has 0 saturated heterocycles. The van der Waals surface area contributed by atoms with E-state index in [2.05, 4.69) is 6.92 Å². The summed E-state index contributed by atoms with van der Waals surface area (Å²) in [6.07, 6.45) is 5.91. The molecule has 0 bridgehead atoms. The summed E-state index contributed by atoms with van der Waals surface area (Å²) < 4.78 is 4.99. The van der Waals surface area contributed by atoms with Gasteiger partial charge < -0.3 is 10.5 Å². The lowest BCUT2D eigenvalue weighted by Gasteiger charge is -2.33. The number of hydrogen-bond donors (Lipinski definition) is 1. The Bertz CT molecular complexity index is 206. The van der Waals surface area contributed by atoms with Crippen LogP contribution in [0.2, 0.25) is 0 Å². The van der Waals surface area contributed by atoms with Crippen LogP contribution < -0.4 is 5.73 Å². The lowest BCUT2D eigenvalue weighted by atomic mass is 9.74. The highest BCUT2D eigenvalue weighted by Gasteiger charge is 2.33. The molecule has 1 fully saturated rings. The zero-order valence-electron chi connectivity index (χ0n) is 9.87. The number of carbonyl (C=O) groups excluding carboxylic acids is 1. The number of rotatable bonds is 4. The maximum absolute atomic E-state index is 11.6. The number of carbonyl (C=O) groups is 1. The first-order chi connectivity index (χ1) is 7.20. The van der Waals surface area contributed by atoms with Crippen molar-refractivity contribution in [3.63, 3.8) is 0 Å². The van der Waals surface area contributed by atoms with Crippen molar-refractivity contribution >= 4 is 5.97 Å². The molecule has 3 heteroatoms. The van der Waals surface area contributed by atoms with Crippen LogP contribution in [0.1, 0.15) is 46.0 Å². The van der Waals surface area contributed by atoms with Crippen molar-refractivity contribution in [1.29, 1.82) is 0 Å². The van der Waals surface area contributed by atoms with E-state index in [0.29, 0.717) is 18.4 Å². The Morgan fingerprint density at radius 3 is 2.67 bits per heavy atom. The molecule has 0 aromatic heterocycles. The Hall–Kier alpha value is -0.570. The molecular weight excluding hydrogens is 190 g/mol. The topological polar surface area (TPSA) is 52.3 Å². The molecule has 0 aromatic rings. The second kappa shape index (κ2) is 6.11. The lowest BCUT2D eigenvalue weighted by Crippen LogP contribution is -2.43. The van der Waals surface area contributed by atoms with Gasteiger partial charge in [0.1, 0.15) is 6.04 Å². The van der Waals surface area contributed by atoms with Crippen molar-refractivity contribution in [3.05, 3.63) is 0 Å². The fourth-order valence-corrected chi connectivity index (χ4v) is 2.63. The van der Waals surface area contributed by atoms with Crippen LogP contribution in [0.5, 0.6) is 0 Å². The van der Waals surface area contributed by atoms with Gasteiger partial charge in [0.05, 0.1) is 6.61 Å². The molecule has 1 aliphatic rings. The first kappa shape index (κ1) is 12.5. The molecule has 15 heavy (non-hydrogen) atoms. The summed E-state index contributed by atoms with van der Waals surface area (Å²) in [5, 5.41) is 0. The summed E-state index contributed by atoms with van der Waals surface area (Å²) in [5.41, 5.74) is 5.97. The van der Waals surface area contributed by atoms with Crippen molar-refractivity contribution in [2.45, 2.75) is 52.0 Å². The highest BCUT2D eigenvalue weighted by molar-refractivity contribution is 5.75. The van der Waals surface area contributed by atoms with Crippen LogP contribution >= 0.6 is 0 Å². The Labute approximate surface area is 92.4 Å². The van der Waals surface area contributed by atoms with Gasteiger partial charge in [-0.2, -0.15) is 0 Å². The van der Waals surface area contributed by atoms with E-state index in [1.54, 1.807) is 0 Å². The number of hydrogen-bond acceptors (Lipinski definition) is 3. The highest BCUT2D eigenvalue weighted by atomic mass is 16.5. The van der Waals surface area contributed by atoms with E-state index in [1.165, 1.54) is 19.3 Å². The van der Waals surface area contributed by atoms with Gasteiger partial charge in [0.2, 0.25) is 0 Å². The van der Waals surface area contributed by atoms with Gasteiger partial charge >= 0.3 is 5.97 Å². The smallest absolute Gasteiger partial charge is 0.323 e. The molecule has 0 radical (unpaired) electrons. The van der Waals surface area contributed by atoms with E-state index >= 15 is 0 Å². The van der Waals surface area contributed by atoms with Crippen LogP contribution in [0, 0.1) is 11.8 Å². The third kappa shape index (κ3) is 3.20. The van der Waals surface area contributed by atoms with E-state index in [9.17, 15) is 4.79 Å². The predicted molar refractivity (Wildman–Crippen MR) is 60.3 cm³/mol. The average molecular weight is 213 g/mol. The zero-order valence-corrected chi connectivity index (χ0v) is 9.87. The first-order valence-corrected chi connectivity index (χ1v) is 6.12. The second-order valence-corrected chi connectivity index (χ2v) is 4.39. The standard InChI is InChI=1S/C12H23NO2/c1-3-9-7-5-6-8-10(9)11(13)12(14)15-4-2/h9-11H,3-8,13H2,1-2H3. The van der Waals surface area contributed by atoms with Gasteiger partial charge in [0.15, 0.2) is 0 Å². The lowest BCUT2D eigenvalue weighted by molar-refractivity contribution is -0.147. The van der Waals surface area contributed by atoms with E-state index in [1.807, 2.05) is 6.92 Å². The normalized spacial score (nSPS) is 28.5. The second-order valence-electron chi connectivity index (χ2n) is 4.39. The van der Waals surface area contributed by atoms with Crippen LogP contribution in [-0.2, 0) is 9.53 Å². The summed E-state index contributed by atoms with van der Waals surface area (Å²) in [5.74, 6) is 0.726. The Kier molecular flexibility index (Phi) is 5.09. The van der Waals surface area contributed by atoms with Crippen molar-refractivity contribution in [2.24, 2.45) is 17.6 Å². The fourth-order valence-electron chi connectivity index (χ4n) is 2.63. The van der Waals surface area contributed by atoms with E-state index < -0.39 is 6.04 Å². The summed E-state index contributed by atoms with van der Waals surface area (Å²) >= 11 is 0. The predicted octanol–water partition coefficient (Wildman–Crippen LogP) is 2.09. The van der Waals surface area contributed by atoms with Gasteiger partial charge in [-0.1, -0.05) is 32.6 Å². The van der Waals surface area contributed by atoms with Gasteiger partial charge in [0, 0.05) is 0 Å². The highest BCUT2D eigenvalue weighted by Crippen LogP contribution is 2.34. The monoisotopic (exact) mass is 213 g/mol. The van der Waals surface area contributed by atoms with Crippen molar-refractivity contribution < 1.29 is 9.53 Å². The van der Waals surface area contributed by atoms with Crippen molar-refractivity contribution in [1.82, 2.24) is 0 Å². The maximum atomic E-state index is 11.6. The third-order valence-corrected chi connectivity index (χ3v) is 3.51. The molecular formula is C12H23NO2. The molecule has 0 spiro atoms. The van der Waals surface area contributed by atoms with Gasteiger partial charge in [-0.3, -0.25) is 4.79 Å². The van der Waals surface area contributed by atoms with Crippen LogP contribution in [0.15, 0.2) is 0 Å². The SMILES string of the molecule is CCOC(=O)C(N)C1CCCCC1CC. The third-order valence-electron chi connectivity index (χ3n) is 3.51. The Morgan fingerprint density at radius 2 is 2.07 bits per heavy atom. The van der Waals surface area contributed by atoms with Crippen molar-refractivity contribution in [2.75, 3.05) is 6.61 Å². The van der Waals surface area contributed by atoms with E-state index in [4.69, 9.17) is 10.5 Å². The molecule has 0 aromatic carbocycles. The largest absolute Gasteiger partial charge is 0.465 e. The van der Waals surface area contributed by atoms with Crippen LogP contribution in [0.4, 0.5) is 0 Å². The molecule has 0 amide bonds. The summed E-state index contributed by atoms with van der Waals surface area (Å²) in [6.45, 7) is 4.43. The molecule has 1 saturated carbocycles. The van der Waals surface area contributed by atoms with Gasteiger partial charge in [-0.25, -0.2) is 0 Å². The number of nitrogens with two attached hydrogens (primary N) is 1. The average Bonchev–Trinajstić information content (AvgIpc) is 2.28. The molecule has 0 heterocycles. The molecule has 3 atom stereocenters. The zero-order chi connectivity index (χ0) is 11.3. The molecule has 2 N–H and O–H groups in total. The van der Waals surface area contributed by atoms with Crippen LogP contribution in [0.3, 0.4) is 0 Å². The van der Waals surface area contributed by atoms with Crippen LogP contribution in [0.25, 0.3) is 0 Å². The maximum Gasteiger partial charge on any atom is 0.323 e. The molecule has 0 aliphatic heterocycles. The minimum absolute atomic E-state index is 0.220. The van der Waals surface area contributed by atoms with E-state index in [-0.39, 0.29) is 5.97 Å². The fraction of sp³-hybridized carbons (Fsp3) is 0.917. The minimum Gasteiger partial charge on any atom is -0.465 e. The van der Waals surface area contributed by atoms with Gasteiger partial charge in [-0.05, 0) is 25.2 Å². The van der Waals surface area contributed by atoms with Crippen molar-refractivity contribution in [3.8, 4) is 0 Å². The molecule has 88 valence electrons. The molecule has 3 nitrogen and oxygen atoms in total. The van der Waals surface area contributed by atoms with Gasteiger partial charge in [0.25, 0.3) is 0 Å². The van der Waals surface area contributed by atoms with E-state index in [0.717, 1.165) is 12.8 Å². The molecule has 1 aliphatic carbocycles. The minimum atomic E-state index is -0.407. The Morgan fingerprint density at radius 1 is 1.40 bits per heavy atom. The number of ether oxygens (including phenoxy) is 1. The van der Waals surface area contributed by atoms with Gasteiger partial charge in [-0.15, -0.1) is 0 Å².